The van der Waals surface area contributed by atoms with Crippen molar-refractivity contribution < 1.29 is 14.7 Å². The molecule has 0 aliphatic heterocycles. The molecule has 2 rings (SSSR count). The maximum Gasteiger partial charge on any atom is 0.160 e. The molecular weight excluding hydrogens is 254 g/mol. The molecule has 2 aromatic rings. The van der Waals surface area contributed by atoms with E-state index in [1.54, 1.807) is 14.2 Å². The van der Waals surface area contributed by atoms with Crippen molar-refractivity contribution in [3.8, 4) is 11.5 Å². The first-order valence-electron chi connectivity index (χ1n) is 6.25. The number of hydrogen-bond donors (Lipinski definition) is 1. The van der Waals surface area contributed by atoms with Crippen LogP contribution >= 0.6 is 0 Å². The minimum absolute atomic E-state index is 0.515. The molecule has 0 saturated carbocycles. The predicted octanol–water partition coefficient (Wildman–Crippen LogP) is 3.12. The van der Waals surface area contributed by atoms with Crippen LogP contribution < -0.4 is 9.47 Å². The smallest absolute Gasteiger partial charge is 0.160 e. The van der Waals surface area contributed by atoms with Gasteiger partial charge in [0, 0.05) is 6.42 Å². The quantitative estimate of drug-likeness (QED) is 0.516. The fourth-order valence-electron chi connectivity index (χ4n) is 2.01. The Hall–Kier alpha value is -2.49. The molecular formula is C16H17NO3. The molecule has 4 heteroatoms. The van der Waals surface area contributed by atoms with Crippen molar-refractivity contribution in [3.63, 3.8) is 0 Å². The third-order valence-corrected chi connectivity index (χ3v) is 3.05. The van der Waals surface area contributed by atoms with Crippen LogP contribution in [-0.2, 0) is 6.42 Å². The summed E-state index contributed by atoms with van der Waals surface area (Å²) in [5.41, 5.74) is 2.49. The molecule has 2 aromatic carbocycles. The normalized spacial score (nSPS) is 11.2. The fraction of sp³-hybridized carbons (Fsp3) is 0.188. The molecule has 0 bridgehead atoms. The second-order valence-electron chi connectivity index (χ2n) is 4.28. The van der Waals surface area contributed by atoms with Crippen molar-refractivity contribution in [2.24, 2.45) is 5.16 Å². The summed E-state index contributed by atoms with van der Waals surface area (Å²) in [5, 5.41) is 12.6. The molecule has 0 aliphatic rings. The van der Waals surface area contributed by atoms with Crippen LogP contribution in [0.3, 0.4) is 0 Å². The van der Waals surface area contributed by atoms with Gasteiger partial charge in [-0.2, -0.15) is 0 Å². The van der Waals surface area contributed by atoms with Gasteiger partial charge in [0.05, 0.1) is 19.9 Å². The van der Waals surface area contributed by atoms with E-state index in [0.717, 1.165) is 11.1 Å². The van der Waals surface area contributed by atoms with Gasteiger partial charge in [-0.15, -0.1) is 0 Å². The van der Waals surface area contributed by atoms with E-state index in [4.69, 9.17) is 9.47 Å². The van der Waals surface area contributed by atoms with Gasteiger partial charge in [-0.1, -0.05) is 41.6 Å². The second-order valence-corrected chi connectivity index (χ2v) is 4.28. The SMILES string of the molecule is COc1ccc(C/C(=N/O)c2ccccc2)cc1OC. The van der Waals surface area contributed by atoms with Crippen molar-refractivity contribution in [1.29, 1.82) is 0 Å². The first-order chi connectivity index (χ1) is 9.78. The Balaban J connectivity index is 2.25. The monoisotopic (exact) mass is 271 g/mol. The van der Waals surface area contributed by atoms with Gasteiger partial charge in [-0.25, -0.2) is 0 Å². The average molecular weight is 271 g/mol. The first kappa shape index (κ1) is 13.9. The summed E-state index contributed by atoms with van der Waals surface area (Å²) in [5.74, 6) is 1.34. The topological polar surface area (TPSA) is 51.0 Å². The van der Waals surface area contributed by atoms with Crippen LogP contribution in [0, 0.1) is 0 Å². The summed E-state index contributed by atoms with van der Waals surface area (Å²) in [6.07, 6.45) is 0.515. The average Bonchev–Trinajstić information content (AvgIpc) is 2.53. The summed E-state index contributed by atoms with van der Waals surface area (Å²) in [7, 11) is 3.20. The van der Waals surface area contributed by atoms with Gasteiger partial charge in [-0.3, -0.25) is 0 Å². The third-order valence-electron chi connectivity index (χ3n) is 3.05. The van der Waals surface area contributed by atoms with Crippen LogP contribution in [0.4, 0.5) is 0 Å². The maximum atomic E-state index is 9.20. The van der Waals surface area contributed by atoms with E-state index >= 15 is 0 Å². The lowest BCUT2D eigenvalue weighted by atomic mass is 10.0. The Labute approximate surface area is 118 Å². The Morgan fingerprint density at radius 3 is 2.30 bits per heavy atom. The molecule has 0 aliphatic carbocycles. The highest BCUT2D eigenvalue weighted by Gasteiger charge is 2.09. The van der Waals surface area contributed by atoms with Crippen LogP contribution in [0.15, 0.2) is 53.7 Å². The van der Waals surface area contributed by atoms with Crippen molar-refractivity contribution in [2.45, 2.75) is 6.42 Å². The minimum atomic E-state index is 0.515. The number of oxime groups is 1. The zero-order chi connectivity index (χ0) is 14.4. The number of methoxy groups -OCH3 is 2. The number of benzene rings is 2. The molecule has 104 valence electrons. The van der Waals surface area contributed by atoms with Gasteiger partial charge >= 0.3 is 0 Å². The molecule has 0 saturated heterocycles. The molecule has 0 unspecified atom stereocenters. The van der Waals surface area contributed by atoms with Crippen molar-refractivity contribution in [1.82, 2.24) is 0 Å². The molecule has 0 spiro atoms. The van der Waals surface area contributed by atoms with Gasteiger partial charge < -0.3 is 14.7 Å². The Morgan fingerprint density at radius 1 is 1.00 bits per heavy atom. The van der Waals surface area contributed by atoms with Crippen LogP contribution in [-0.4, -0.2) is 25.1 Å². The van der Waals surface area contributed by atoms with Gasteiger partial charge in [0.15, 0.2) is 11.5 Å². The number of hydrogen-bond acceptors (Lipinski definition) is 4. The van der Waals surface area contributed by atoms with E-state index in [0.29, 0.717) is 23.6 Å². The minimum Gasteiger partial charge on any atom is -0.493 e. The molecule has 1 N–H and O–H groups in total. The van der Waals surface area contributed by atoms with Crippen LogP contribution in [0.2, 0.25) is 0 Å². The van der Waals surface area contributed by atoms with Crippen molar-refractivity contribution >= 4 is 5.71 Å². The molecule has 0 fully saturated rings. The number of rotatable bonds is 5. The number of nitrogens with zero attached hydrogens (tertiary/aromatic N) is 1. The van der Waals surface area contributed by atoms with Crippen LogP contribution in [0.5, 0.6) is 11.5 Å². The predicted molar refractivity (Wildman–Crippen MR) is 78.0 cm³/mol. The largest absolute Gasteiger partial charge is 0.493 e. The van der Waals surface area contributed by atoms with Crippen LogP contribution in [0.25, 0.3) is 0 Å². The summed E-state index contributed by atoms with van der Waals surface area (Å²) in [4.78, 5) is 0. The van der Waals surface area contributed by atoms with Gasteiger partial charge in [-0.05, 0) is 23.3 Å². The zero-order valence-corrected chi connectivity index (χ0v) is 11.5. The van der Waals surface area contributed by atoms with Gasteiger partial charge in [0.25, 0.3) is 0 Å². The molecule has 0 aromatic heterocycles. The Kier molecular flexibility index (Phi) is 4.60. The lowest BCUT2D eigenvalue weighted by Gasteiger charge is -2.10. The molecule has 20 heavy (non-hydrogen) atoms. The highest BCUT2D eigenvalue weighted by Crippen LogP contribution is 2.28. The van der Waals surface area contributed by atoms with E-state index < -0.39 is 0 Å². The third kappa shape index (κ3) is 3.09. The van der Waals surface area contributed by atoms with E-state index in [1.807, 2.05) is 48.5 Å². The Bertz CT molecular complexity index is 594. The maximum absolute atomic E-state index is 9.20. The summed E-state index contributed by atoms with van der Waals surface area (Å²) in [6.45, 7) is 0. The van der Waals surface area contributed by atoms with E-state index in [2.05, 4.69) is 5.16 Å². The molecule has 0 radical (unpaired) electrons. The summed E-state index contributed by atoms with van der Waals surface area (Å²) < 4.78 is 10.5. The van der Waals surface area contributed by atoms with Gasteiger partial charge in [0.2, 0.25) is 0 Å². The van der Waals surface area contributed by atoms with Crippen LogP contribution in [0.1, 0.15) is 11.1 Å². The Morgan fingerprint density at radius 2 is 1.70 bits per heavy atom. The van der Waals surface area contributed by atoms with E-state index in [-0.39, 0.29) is 0 Å². The first-order valence-corrected chi connectivity index (χ1v) is 6.25. The standard InChI is InChI=1S/C16H17NO3/c1-19-15-9-8-12(11-16(15)20-2)10-14(17-18)13-6-4-3-5-7-13/h3-9,11,18H,10H2,1-2H3/b17-14-. The lowest BCUT2D eigenvalue weighted by molar-refractivity contribution is 0.318. The summed E-state index contributed by atoms with van der Waals surface area (Å²) in [6, 6.07) is 15.2. The number of ether oxygens (including phenoxy) is 2. The van der Waals surface area contributed by atoms with Gasteiger partial charge in [0.1, 0.15) is 0 Å². The fourth-order valence-corrected chi connectivity index (χ4v) is 2.01. The molecule has 0 atom stereocenters. The summed E-state index contributed by atoms with van der Waals surface area (Å²) >= 11 is 0. The molecule has 4 nitrogen and oxygen atoms in total. The van der Waals surface area contributed by atoms with E-state index in [1.165, 1.54) is 0 Å². The molecule has 0 amide bonds. The highest BCUT2D eigenvalue weighted by molar-refractivity contribution is 6.01. The van der Waals surface area contributed by atoms with Crippen molar-refractivity contribution in [2.75, 3.05) is 14.2 Å². The van der Waals surface area contributed by atoms with Crippen molar-refractivity contribution in [3.05, 3.63) is 59.7 Å². The van der Waals surface area contributed by atoms with E-state index in [9.17, 15) is 5.21 Å². The zero-order valence-electron chi connectivity index (χ0n) is 11.5. The highest BCUT2D eigenvalue weighted by atomic mass is 16.5. The lowest BCUT2D eigenvalue weighted by Crippen LogP contribution is -2.05. The molecule has 0 heterocycles. The second kappa shape index (κ2) is 6.61.